The van der Waals surface area contributed by atoms with Gasteiger partial charge in [-0.05, 0) is 43.7 Å². The zero-order valence-corrected chi connectivity index (χ0v) is 11.9. The van der Waals surface area contributed by atoms with Gasteiger partial charge in [0.15, 0.2) is 0 Å². The summed E-state index contributed by atoms with van der Waals surface area (Å²) in [5, 5.41) is 11.7. The molecule has 1 aliphatic carbocycles. The Kier molecular flexibility index (Phi) is 4.58. The van der Waals surface area contributed by atoms with Gasteiger partial charge in [0, 0.05) is 4.88 Å². The number of carbonyl (C=O) groups excluding carboxylic acids is 1. The van der Waals surface area contributed by atoms with Crippen molar-refractivity contribution < 1.29 is 14.7 Å². The average Bonchev–Trinajstić information content (AvgIpc) is 2.81. The van der Waals surface area contributed by atoms with Crippen LogP contribution in [0.3, 0.4) is 0 Å². The highest BCUT2D eigenvalue weighted by atomic mass is 32.1. The van der Waals surface area contributed by atoms with Crippen LogP contribution in [0.1, 0.15) is 52.7 Å². The molecule has 1 aromatic rings. The third-order valence-corrected chi connectivity index (χ3v) is 4.64. The first-order valence-electron chi connectivity index (χ1n) is 6.77. The Morgan fingerprint density at radius 3 is 2.79 bits per heavy atom. The summed E-state index contributed by atoms with van der Waals surface area (Å²) < 4.78 is 0. The highest BCUT2D eigenvalue weighted by Crippen LogP contribution is 2.29. The highest BCUT2D eigenvalue weighted by Gasteiger charge is 2.22. The first-order chi connectivity index (χ1) is 9.11. The van der Waals surface area contributed by atoms with Crippen molar-refractivity contribution in [2.45, 2.75) is 51.5 Å². The number of carbonyl (C=O) groups is 2. The van der Waals surface area contributed by atoms with Gasteiger partial charge in [0.25, 0.3) is 5.91 Å². The minimum Gasteiger partial charge on any atom is -0.480 e. The van der Waals surface area contributed by atoms with Gasteiger partial charge in [-0.1, -0.05) is 13.3 Å². The molecule has 1 heterocycles. The molecule has 5 heteroatoms. The molecular weight excluding hydrogens is 262 g/mol. The Morgan fingerprint density at radius 1 is 1.42 bits per heavy atom. The van der Waals surface area contributed by atoms with Crippen LogP contribution in [0.15, 0.2) is 6.07 Å². The third-order valence-electron chi connectivity index (χ3n) is 3.40. The van der Waals surface area contributed by atoms with Crippen LogP contribution >= 0.6 is 11.3 Å². The van der Waals surface area contributed by atoms with Gasteiger partial charge in [0.05, 0.1) is 4.88 Å². The second-order valence-electron chi connectivity index (χ2n) is 4.92. The molecule has 1 unspecified atom stereocenters. The number of aryl methyl sites for hydroxylation is 2. The Balaban J connectivity index is 2.06. The molecule has 1 aliphatic rings. The molecular formula is C14H19NO3S. The van der Waals surface area contributed by atoms with Gasteiger partial charge in [-0.3, -0.25) is 4.79 Å². The molecule has 0 spiro atoms. The molecule has 0 aliphatic heterocycles. The van der Waals surface area contributed by atoms with E-state index in [1.165, 1.54) is 34.6 Å². The maximum Gasteiger partial charge on any atom is 0.326 e. The standard InChI is InChI=1S/C14H19NO3S/c1-2-5-10(14(17)18)15-13(16)12-8-9-6-3-4-7-11(9)19-12/h8,10H,2-7H2,1H3,(H,15,16)(H,17,18). The first-order valence-corrected chi connectivity index (χ1v) is 7.58. The van der Waals surface area contributed by atoms with Gasteiger partial charge in [0.2, 0.25) is 0 Å². The Labute approximate surface area is 116 Å². The van der Waals surface area contributed by atoms with E-state index in [1.807, 2.05) is 13.0 Å². The fourth-order valence-corrected chi connectivity index (χ4v) is 3.53. The first kappa shape index (κ1) is 14.1. The van der Waals surface area contributed by atoms with E-state index in [0.717, 1.165) is 19.3 Å². The molecule has 19 heavy (non-hydrogen) atoms. The number of hydrogen-bond acceptors (Lipinski definition) is 3. The fraction of sp³-hybridized carbons (Fsp3) is 0.571. The lowest BCUT2D eigenvalue weighted by Gasteiger charge is -2.12. The van der Waals surface area contributed by atoms with Crippen molar-refractivity contribution >= 4 is 23.2 Å². The second-order valence-corrected chi connectivity index (χ2v) is 6.06. The summed E-state index contributed by atoms with van der Waals surface area (Å²) in [5.74, 6) is -1.21. The normalized spacial score (nSPS) is 15.6. The Bertz CT molecular complexity index is 458. The van der Waals surface area contributed by atoms with Crippen LogP contribution in [-0.2, 0) is 17.6 Å². The minimum atomic E-state index is -0.962. The van der Waals surface area contributed by atoms with Crippen molar-refractivity contribution in [3.63, 3.8) is 0 Å². The quantitative estimate of drug-likeness (QED) is 0.872. The summed E-state index contributed by atoms with van der Waals surface area (Å²) >= 11 is 1.51. The molecule has 4 nitrogen and oxygen atoms in total. The summed E-state index contributed by atoms with van der Waals surface area (Å²) in [4.78, 5) is 25.1. The summed E-state index contributed by atoms with van der Waals surface area (Å²) in [6.45, 7) is 1.91. The lowest BCUT2D eigenvalue weighted by atomic mass is 9.99. The van der Waals surface area contributed by atoms with Gasteiger partial charge < -0.3 is 10.4 Å². The Hall–Kier alpha value is -1.36. The van der Waals surface area contributed by atoms with Crippen molar-refractivity contribution in [2.24, 2.45) is 0 Å². The fourth-order valence-electron chi connectivity index (χ4n) is 2.38. The van der Waals surface area contributed by atoms with Crippen molar-refractivity contribution in [2.75, 3.05) is 0 Å². The Morgan fingerprint density at radius 2 is 2.16 bits per heavy atom. The molecule has 2 rings (SSSR count). The molecule has 0 radical (unpaired) electrons. The number of carboxylic acid groups (broad SMARTS) is 1. The average molecular weight is 281 g/mol. The summed E-state index contributed by atoms with van der Waals surface area (Å²) in [7, 11) is 0. The third kappa shape index (κ3) is 3.35. The number of fused-ring (bicyclic) bond motifs is 1. The van der Waals surface area contributed by atoms with Crippen LogP contribution in [0.2, 0.25) is 0 Å². The van der Waals surface area contributed by atoms with Gasteiger partial charge >= 0.3 is 5.97 Å². The summed E-state index contributed by atoms with van der Waals surface area (Å²) in [5.41, 5.74) is 1.27. The van der Waals surface area contributed by atoms with E-state index in [2.05, 4.69) is 5.32 Å². The van der Waals surface area contributed by atoms with E-state index in [0.29, 0.717) is 11.3 Å². The molecule has 2 N–H and O–H groups in total. The van der Waals surface area contributed by atoms with Crippen molar-refractivity contribution in [3.8, 4) is 0 Å². The summed E-state index contributed by atoms with van der Waals surface area (Å²) in [6, 6.07) is 1.15. The van der Waals surface area contributed by atoms with Crippen molar-refractivity contribution in [3.05, 3.63) is 21.4 Å². The number of nitrogens with one attached hydrogen (secondary N) is 1. The zero-order chi connectivity index (χ0) is 13.8. The van der Waals surface area contributed by atoms with Gasteiger partial charge in [-0.2, -0.15) is 0 Å². The number of thiophene rings is 1. The predicted molar refractivity (Wildman–Crippen MR) is 74.8 cm³/mol. The lowest BCUT2D eigenvalue weighted by Crippen LogP contribution is -2.40. The van der Waals surface area contributed by atoms with Crippen LogP contribution in [-0.4, -0.2) is 23.0 Å². The van der Waals surface area contributed by atoms with Crippen LogP contribution in [0.5, 0.6) is 0 Å². The number of rotatable bonds is 5. The summed E-state index contributed by atoms with van der Waals surface area (Å²) in [6.07, 6.45) is 5.64. The SMILES string of the molecule is CCCC(NC(=O)c1cc2c(s1)CCCC2)C(=O)O. The smallest absolute Gasteiger partial charge is 0.326 e. The molecule has 0 aromatic carbocycles. The molecule has 0 fully saturated rings. The topological polar surface area (TPSA) is 66.4 Å². The van der Waals surface area contributed by atoms with Gasteiger partial charge in [0.1, 0.15) is 6.04 Å². The molecule has 1 amide bonds. The maximum atomic E-state index is 12.1. The van der Waals surface area contributed by atoms with E-state index < -0.39 is 12.0 Å². The van der Waals surface area contributed by atoms with Crippen LogP contribution in [0.4, 0.5) is 0 Å². The van der Waals surface area contributed by atoms with E-state index in [1.54, 1.807) is 0 Å². The second kappa shape index (κ2) is 6.19. The number of amides is 1. The highest BCUT2D eigenvalue weighted by molar-refractivity contribution is 7.14. The molecule has 1 atom stereocenters. The van der Waals surface area contributed by atoms with E-state index in [-0.39, 0.29) is 5.91 Å². The van der Waals surface area contributed by atoms with Crippen LogP contribution in [0, 0.1) is 0 Å². The van der Waals surface area contributed by atoms with E-state index >= 15 is 0 Å². The van der Waals surface area contributed by atoms with Gasteiger partial charge in [-0.25, -0.2) is 4.79 Å². The maximum absolute atomic E-state index is 12.1. The molecule has 0 bridgehead atoms. The predicted octanol–water partition coefficient (Wildman–Crippen LogP) is 2.61. The molecule has 1 aromatic heterocycles. The monoisotopic (exact) mass is 281 g/mol. The van der Waals surface area contributed by atoms with E-state index in [4.69, 9.17) is 5.11 Å². The van der Waals surface area contributed by atoms with Gasteiger partial charge in [-0.15, -0.1) is 11.3 Å². The van der Waals surface area contributed by atoms with Crippen LogP contribution < -0.4 is 5.32 Å². The largest absolute Gasteiger partial charge is 0.480 e. The number of aliphatic carboxylic acids is 1. The van der Waals surface area contributed by atoms with E-state index in [9.17, 15) is 9.59 Å². The van der Waals surface area contributed by atoms with Crippen molar-refractivity contribution in [1.29, 1.82) is 0 Å². The zero-order valence-electron chi connectivity index (χ0n) is 11.1. The molecule has 0 saturated heterocycles. The van der Waals surface area contributed by atoms with Crippen molar-refractivity contribution in [1.82, 2.24) is 5.32 Å². The van der Waals surface area contributed by atoms with Crippen LogP contribution in [0.25, 0.3) is 0 Å². The lowest BCUT2D eigenvalue weighted by molar-refractivity contribution is -0.139. The minimum absolute atomic E-state index is 0.250. The number of carboxylic acids is 1. The number of hydrogen-bond donors (Lipinski definition) is 2. The molecule has 104 valence electrons. The molecule has 0 saturated carbocycles.